The van der Waals surface area contributed by atoms with Crippen molar-refractivity contribution in [1.29, 1.82) is 0 Å². The Balaban J connectivity index is 1.87. The Kier molecular flexibility index (Phi) is 6.42. The highest BCUT2D eigenvalue weighted by Crippen LogP contribution is 2.41. The highest BCUT2D eigenvalue weighted by atomic mass is 35.5. The van der Waals surface area contributed by atoms with Crippen LogP contribution in [0.5, 0.6) is 11.5 Å². The minimum Gasteiger partial charge on any atom is -0.497 e. The van der Waals surface area contributed by atoms with E-state index >= 15 is 0 Å². The summed E-state index contributed by atoms with van der Waals surface area (Å²) in [4.78, 5) is 29.9. The van der Waals surface area contributed by atoms with Gasteiger partial charge in [0, 0.05) is 22.0 Å². The van der Waals surface area contributed by atoms with Gasteiger partial charge in [0.1, 0.15) is 17.5 Å². The Morgan fingerprint density at radius 1 is 1.09 bits per heavy atom. The van der Waals surface area contributed by atoms with E-state index in [-0.39, 0.29) is 17.7 Å². The molecule has 0 spiro atoms. The number of fused-ring (bicyclic) bond motifs is 1. The Morgan fingerprint density at radius 3 is 2.47 bits per heavy atom. The van der Waals surface area contributed by atoms with E-state index in [2.05, 4.69) is 20.7 Å². The molecule has 1 aliphatic heterocycles. The zero-order chi connectivity index (χ0) is 24.4. The van der Waals surface area contributed by atoms with Crippen LogP contribution in [0.2, 0.25) is 5.02 Å². The summed E-state index contributed by atoms with van der Waals surface area (Å²) in [6, 6.07) is 11.2. The third kappa shape index (κ3) is 4.27. The molecule has 11 heteroatoms. The van der Waals surface area contributed by atoms with Crippen LogP contribution in [0.1, 0.15) is 29.1 Å². The third-order valence-corrected chi connectivity index (χ3v) is 5.55. The number of amides is 1. The summed E-state index contributed by atoms with van der Waals surface area (Å²) in [7, 11) is 4.31. The lowest BCUT2D eigenvalue weighted by atomic mass is 9.94. The molecule has 2 aromatic carbocycles. The topological polar surface area (TPSA) is 117 Å². The highest BCUT2D eigenvalue weighted by molar-refractivity contribution is 6.30. The van der Waals surface area contributed by atoms with Crippen molar-refractivity contribution < 1.29 is 23.8 Å². The van der Waals surface area contributed by atoms with Gasteiger partial charge in [0.25, 0.3) is 11.7 Å². The van der Waals surface area contributed by atoms with Crippen LogP contribution in [0.3, 0.4) is 0 Å². The normalized spacial score (nSPS) is 14.7. The van der Waals surface area contributed by atoms with Gasteiger partial charge in [-0.05, 0) is 49.4 Å². The van der Waals surface area contributed by atoms with Gasteiger partial charge in [0.2, 0.25) is 5.95 Å². The van der Waals surface area contributed by atoms with Crippen molar-refractivity contribution >= 4 is 35.1 Å². The van der Waals surface area contributed by atoms with Crippen LogP contribution in [0, 0.1) is 0 Å². The van der Waals surface area contributed by atoms with Crippen molar-refractivity contribution in [2.45, 2.75) is 13.0 Å². The van der Waals surface area contributed by atoms with Gasteiger partial charge in [-0.15, -0.1) is 5.10 Å². The monoisotopic (exact) mass is 483 g/mol. The number of rotatable bonds is 6. The van der Waals surface area contributed by atoms with Crippen molar-refractivity contribution in [1.82, 2.24) is 14.8 Å². The summed E-state index contributed by atoms with van der Waals surface area (Å²) in [5.41, 5.74) is 2.02. The maximum atomic E-state index is 13.5. The van der Waals surface area contributed by atoms with E-state index in [1.807, 2.05) is 0 Å². The average molecular weight is 484 g/mol. The maximum Gasteiger partial charge on any atom is 0.378 e. The molecule has 1 atom stereocenters. The summed E-state index contributed by atoms with van der Waals surface area (Å²) in [5.74, 6) is 0.0883. The number of anilines is 2. The second-order valence-corrected chi connectivity index (χ2v) is 7.77. The summed E-state index contributed by atoms with van der Waals surface area (Å²) < 4.78 is 17.2. The molecule has 2 heterocycles. The van der Waals surface area contributed by atoms with Crippen LogP contribution >= 0.6 is 11.6 Å². The van der Waals surface area contributed by atoms with Gasteiger partial charge in [-0.1, -0.05) is 11.6 Å². The molecule has 4 rings (SSSR count). The summed E-state index contributed by atoms with van der Waals surface area (Å²) >= 11 is 5.97. The summed E-state index contributed by atoms with van der Waals surface area (Å²) in [6.07, 6.45) is 0. The molecular formula is C23H22ClN5O5. The molecule has 10 nitrogen and oxygen atoms in total. The number of hydrogen-bond donors (Lipinski definition) is 2. The second kappa shape index (κ2) is 9.44. The Labute approximate surface area is 200 Å². The van der Waals surface area contributed by atoms with Gasteiger partial charge in [0.05, 0.1) is 26.9 Å². The lowest BCUT2D eigenvalue weighted by Gasteiger charge is -2.29. The smallest absolute Gasteiger partial charge is 0.378 e. The fourth-order valence-corrected chi connectivity index (χ4v) is 3.82. The number of nitrogens with zero attached hydrogens (tertiary/aromatic N) is 3. The molecule has 0 bridgehead atoms. The number of carbonyl (C=O) groups is 2. The van der Waals surface area contributed by atoms with Gasteiger partial charge in [0.15, 0.2) is 0 Å². The van der Waals surface area contributed by atoms with Crippen LogP contribution in [0.4, 0.5) is 11.6 Å². The van der Waals surface area contributed by atoms with E-state index in [0.717, 1.165) is 0 Å². The van der Waals surface area contributed by atoms with Crippen molar-refractivity contribution in [3.05, 3.63) is 70.1 Å². The standard InChI is InChI=1S/C23H22ClN5O5/c1-12-18(21(30)26-14-7-5-13(24)6-8-14)19(16-11-15(32-2)9-10-17(16)33-3)29-23(25-12)27-20(28-29)22(31)34-4/h5-11,19H,1-4H3,(H,26,30)(H,25,27,28)/t19-/m0/s1. The fourth-order valence-electron chi connectivity index (χ4n) is 3.70. The number of aromatic nitrogens is 3. The first kappa shape index (κ1) is 23.1. The number of hydrogen-bond acceptors (Lipinski definition) is 8. The molecule has 0 radical (unpaired) electrons. The quantitative estimate of drug-likeness (QED) is 0.510. The number of ether oxygens (including phenoxy) is 3. The van der Waals surface area contributed by atoms with Crippen molar-refractivity contribution in [2.24, 2.45) is 0 Å². The van der Waals surface area contributed by atoms with Crippen LogP contribution in [0.15, 0.2) is 53.7 Å². The van der Waals surface area contributed by atoms with E-state index < -0.39 is 12.0 Å². The molecule has 0 saturated heterocycles. The van der Waals surface area contributed by atoms with Gasteiger partial charge in [-0.2, -0.15) is 4.98 Å². The van der Waals surface area contributed by atoms with Crippen molar-refractivity contribution in [3.8, 4) is 11.5 Å². The van der Waals surface area contributed by atoms with Crippen molar-refractivity contribution in [2.75, 3.05) is 32.0 Å². The Hall–Kier alpha value is -4.05. The van der Waals surface area contributed by atoms with Crippen molar-refractivity contribution in [3.63, 3.8) is 0 Å². The largest absolute Gasteiger partial charge is 0.497 e. The molecule has 2 N–H and O–H groups in total. The minimum atomic E-state index is -0.792. The van der Waals surface area contributed by atoms with Crippen LogP contribution in [0.25, 0.3) is 0 Å². The zero-order valence-corrected chi connectivity index (χ0v) is 19.6. The van der Waals surface area contributed by atoms with E-state index in [9.17, 15) is 9.59 Å². The van der Waals surface area contributed by atoms with Gasteiger partial charge >= 0.3 is 5.97 Å². The summed E-state index contributed by atoms with van der Waals surface area (Å²) in [5, 5.41) is 10.8. The summed E-state index contributed by atoms with van der Waals surface area (Å²) in [6.45, 7) is 1.74. The van der Waals surface area contributed by atoms with Gasteiger partial charge < -0.3 is 24.8 Å². The van der Waals surface area contributed by atoms with Crippen LogP contribution in [-0.4, -0.2) is 48.0 Å². The number of allylic oxidation sites excluding steroid dienone is 1. The molecule has 1 aliphatic rings. The third-order valence-electron chi connectivity index (χ3n) is 5.30. The van der Waals surface area contributed by atoms with E-state index in [1.54, 1.807) is 56.5 Å². The SMILES string of the molecule is COC(=O)c1nc2n(n1)[C@@H](c1cc(OC)ccc1OC)C(C(=O)Nc1ccc(Cl)cc1)=C(C)N2. The molecule has 0 saturated carbocycles. The minimum absolute atomic E-state index is 0.149. The van der Waals surface area contributed by atoms with Gasteiger partial charge in [-0.3, -0.25) is 4.79 Å². The number of halogens is 1. The first-order valence-electron chi connectivity index (χ1n) is 10.2. The second-order valence-electron chi connectivity index (χ2n) is 7.33. The maximum absolute atomic E-state index is 13.5. The molecule has 1 aromatic heterocycles. The number of nitrogens with one attached hydrogen (secondary N) is 2. The number of esters is 1. The highest BCUT2D eigenvalue weighted by Gasteiger charge is 2.37. The van der Waals surface area contributed by atoms with E-state index in [1.165, 1.54) is 18.9 Å². The molecule has 0 aliphatic carbocycles. The number of benzene rings is 2. The Morgan fingerprint density at radius 2 is 1.82 bits per heavy atom. The Bertz CT molecular complexity index is 1290. The lowest BCUT2D eigenvalue weighted by molar-refractivity contribution is -0.113. The lowest BCUT2D eigenvalue weighted by Crippen LogP contribution is -2.31. The molecule has 0 fully saturated rings. The van der Waals surface area contributed by atoms with E-state index in [4.69, 9.17) is 25.8 Å². The predicted molar refractivity (Wildman–Crippen MR) is 125 cm³/mol. The molecule has 3 aromatic rings. The predicted octanol–water partition coefficient (Wildman–Crippen LogP) is 3.66. The van der Waals surface area contributed by atoms with Crippen LogP contribution in [-0.2, 0) is 9.53 Å². The first-order valence-corrected chi connectivity index (χ1v) is 10.6. The molecule has 0 unspecified atom stereocenters. The van der Waals surface area contributed by atoms with Gasteiger partial charge in [-0.25, -0.2) is 9.48 Å². The molecule has 176 valence electrons. The molecule has 34 heavy (non-hydrogen) atoms. The zero-order valence-electron chi connectivity index (χ0n) is 18.9. The molecular weight excluding hydrogens is 462 g/mol. The number of methoxy groups -OCH3 is 3. The molecule has 1 amide bonds. The van der Waals surface area contributed by atoms with Crippen LogP contribution < -0.4 is 20.1 Å². The average Bonchev–Trinajstić information content (AvgIpc) is 3.27. The first-order chi connectivity index (χ1) is 16.4. The van der Waals surface area contributed by atoms with E-state index in [0.29, 0.717) is 39.0 Å². The number of carbonyl (C=O) groups excluding carboxylic acids is 2. The fraction of sp³-hybridized carbons (Fsp3) is 0.217.